The second-order valence-corrected chi connectivity index (χ2v) is 6.87. The monoisotopic (exact) mass is 364 g/mol. The van der Waals surface area contributed by atoms with Crippen molar-refractivity contribution in [3.63, 3.8) is 0 Å². The van der Waals surface area contributed by atoms with Gasteiger partial charge in [0.1, 0.15) is 6.61 Å². The fourth-order valence-corrected chi connectivity index (χ4v) is 3.69. The first-order valence-corrected chi connectivity index (χ1v) is 9.02. The summed E-state index contributed by atoms with van der Waals surface area (Å²) in [5.41, 5.74) is 1.80. The highest BCUT2D eigenvalue weighted by Gasteiger charge is 2.44. The summed E-state index contributed by atoms with van der Waals surface area (Å²) in [6.45, 7) is 0.464. The van der Waals surface area contributed by atoms with Crippen LogP contribution in [0.2, 0.25) is 0 Å². The largest absolute Gasteiger partial charge is 0.447 e. The summed E-state index contributed by atoms with van der Waals surface area (Å²) in [6, 6.07) is 18.6. The zero-order chi connectivity index (χ0) is 18.8. The third kappa shape index (κ3) is 3.43. The Bertz CT molecular complexity index is 853. The molecule has 2 fully saturated rings. The Balaban J connectivity index is 1.49. The van der Waals surface area contributed by atoms with Gasteiger partial charge in [0.2, 0.25) is 11.8 Å². The molecular formula is C21H20N2O4. The van der Waals surface area contributed by atoms with Crippen LogP contribution in [0.3, 0.4) is 0 Å². The maximum atomic E-state index is 13.0. The van der Waals surface area contributed by atoms with E-state index in [2.05, 4.69) is 0 Å². The molecule has 2 heterocycles. The number of hydrogen-bond donors (Lipinski definition) is 0. The van der Waals surface area contributed by atoms with Crippen molar-refractivity contribution in [2.24, 2.45) is 5.92 Å². The fraction of sp³-hybridized carbons (Fsp3) is 0.286. The van der Waals surface area contributed by atoms with Gasteiger partial charge < -0.3 is 9.64 Å². The smallest absolute Gasteiger partial charge is 0.416 e. The quantitative estimate of drug-likeness (QED) is 0.836. The normalized spacial score (nSPS) is 22.2. The number of anilines is 1. The van der Waals surface area contributed by atoms with Crippen LogP contribution in [0.15, 0.2) is 60.7 Å². The minimum Gasteiger partial charge on any atom is -0.447 e. The summed E-state index contributed by atoms with van der Waals surface area (Å²) in [5.74, 6) is -0.974. The number of cyclic esters (lactones) is 1. The van der Waals surface area contributed by atoms with Crippen LogP contribution in [0, 0.1) is 5.92 Å². The molecule has 0 saturated carbocycles. The lowest BCUT2D eigenvalue weighted by atomic mass is 10.0. The van der Waals surface area contributed by atoms with Crippen molar-refractivity contribution in [2.45, 2.75) is 18.9 Å². The van der Waals surface area contributed by atoms with Gasteiger partial charge in [-0.2, -0.15) is 0 Å². The van der Waals surface area contributed by atoms with Gasteiger partial charge in [-0.3, -0.25) is 9.59 Å². The average Bonchev–Trinajstić information content (AvgIpc) is 3.26. The molecule has 0 aliphatic carbocycles. The molecule has 0 N–H and O–H groups in total. The SMILES string of the molecule is O=C1C[C@H](C(=O)N2C(=O)OC[C@H]2Cc2ccccc2)CN1c1ccccc1. The number of nitrogens with zero attached hydrogens (tertiary/aromatic N) is 2. The molecule has 6 heteroatoms. The molecule has 27 heavy (non-hydrogen) atoms. The number of benzene rings is 2. The molecule has 6 nitrogen and oxygen atoms in total. The molecule has 0 aromatic heterocycles. The van der Waals surface area contributed by atoms with Crippen LogP contribution in [0.25, 0.3) is 0 Å². The molecule has 2 aromatic carbocycles. The first-order chi connectivity index (χ1) is 13.1. The van der Waals surface area contributed by atoms with Crippen LogP contribution in [0.1, 0.15) is 12.0 Å². The van der Waals surface area contributed by atoms with Crippen LogP contribution in [-0.4, -0.2) is 42.0 Å². The number of para-hydroxylation sites is 1. The Morgan fingerprint density at radius 3 is 2.37 bits per heavy atom. The molecule has 0 spiro atoms. The van der Waals surface area contributed by atoms with E-state index < -0.39 is 12.0 Å². The molecule has 138 valence electrons. The topological polar surface area (TPSA) is 66.9 Å². The van der Waals surface area contributed by atoms with Crippen molar-refractivity contribution in [1.29, 1.82) is 0 Å². The van der Waals surface area contributed by atoms with Crippen molar-refractivity contribution in [1.82, 2.24) is 4.90 Å². The van der Waals surface area contributed by atoms with E-state index in [0.717, 1.165) is 11.3 Å². The third-order valence-electron chi connectivity index (χ3n) is 5.05. The van der Waals surface area contributed by atoms with Crippen LogP contribution in [0.5, 0.6) is 0 Å². The van der Waals surface area contributed by atoms with Gasteiger partial charge >= 0.3 is 6.09 Å². The summed E-state index contributed by atoms with van der Waals surface area (Å²) in [5, 5.41) is 0. The predicted octanol–water partition coefficient (Wildman–Crippen LogP) is 2.63. The van der Waals surface area contributed by atoms with E-state index in [1.54, 1.807) is 4.90 Å². The number of carbonyl (C=O) groups excluding carboxylic acids is 3. The van der Waals surface area contributed by atoms with Crippen molar-refractivity contribution >= 4 is 23.6 Å². The van der Waals surface area contributed by atoms with Crippen molar-refractivity contribution < 1.29 is 19.1 Å². The van der Waals surface area contributed by atoms with E-state index in [0.29, 0.717) is 6.42 Å². The first kappa shape index (κ1) is 17.3. The van der Waals surface area contributed by atoms with E-state index in [-0.39, 0.29) is 37.4 Å². The zero-order valence-corrected chi connectivity index (χ0v) is 14.8. The van der Waals surface area contributed by atoms with Crippen LogP contribution >= 0.6 is 0 Å². The summed E-state index contributed by atoms with van der Waals surface area (Å²) in [7, 11) is 0. The highest BCUT2D eigenvalue weighted by atomic mass is 16.6. The van der Waals surface area contributed by atoms with Crippen LogP contribution in [0.4, 0.5) is 10.5 Å². The Labute approximate surface area is 157 Å². The fourth-order valence-electron chi connectivity index (χ4n) is 3.69. The summed E-state index contributed by atoms with van der Waals surface area (Å²) >= 11 is 0. The van der Waals surface area contributed by atoms with Gasteiger partial charge in [0.15, 0.2) is 0 Å². The van der Waals surface area contributed by atoms with Gasteiger partial charge in [0.25, 0.3) is 0 Å². The Morgan fingerprint density at radius 2 is 1.67 bits per heavy atom. The predicted molar refractivity (Wildman–Crippen MR) is 99.0 cm³/mol. The van der Waals surface area contributed by atoms with Gasteiger partial charge in [-0.1, -0.05) is 48.5 Å². The molecule has 3 amide bonds. The summed E-state index contributed by atoms with van der Waals surface area (Å²) < 4.78 is 5.14. The molecular weight excluding hydrogens is 344 g/mol. The summed E-state index contributed by atoms with van der Waals surface area (Å²) in [6.07, 6.45) is 0.0308. The molecule has 4 rings (SSSR count). The van der Waals surface area contributed by atoms with E-state index in [1.165, 1.54) is 4.90 Å². The van der Waals surface area contributed by atoms with Crippen LogP contribution < -0.4 is 4.90 Å². The molecule has 2 aliphatic rings. The van der Waals surface area contributed by atoms with Crippen molar-refractivity contribution in [3.8, 4) is 0 Å². The number of amides is 3. The van der Waals surface area contributed by atoms with Crippen molar-refractivity contribution in [3.05, 3.63) is 66.2 Å². The lowest BCUT2D eigenvalue weighted by Gasteiger charge is -2.23. The highest BCUT2D eigenvalue weighted by molar-refractivity contribution is 6.03. The molecule has 2 aliphatic heterocycles. The highest BCUT2D eigenvalue weighted by Crippen LogP contribution is 2.28. The number of ether oxygens (including phenoxy) is 1. The number of imide groups is 1. The van der Waals surface area contributed by atoms with E-state index in [1.807, 2.05) is 60.7 Å². The second kappa shape index (κ2) is 7.23. The average molecular weight is 364 g/mol. The molecule has 0 unspecified atom stereocenters. The van der Waals surface area contributed by atoms with E-state index in [9.17, 15) is 14.4 Å². The van der Waals surface area contributed by atoms with Gasteiger partial charge in [0.05, 0.1) is 12.0 Å². The maximum absolute atomic E-state index is 13.0. The van der Waals surface area contributed by atoms with E-state index >= 15 is 0 Å². The first-order valence-electron chi connectivity index (χ1n) is 9.02. The van der Waals surface area contributed by atoms with Gasteiger partial charge in [0, 0.05) is 18.7 Å². The third-order valence-corrected chi connectivity index (χ3v) is 5.05. The second-order valence-electron chi connectivity index (χ2n) is 6.87. The molecule has 2 aromatic rings. The number of hydrogen-bond acceptors (Lipinski definition) is 4. The number of carbonyl (C=O) groups is 3. The Hall–Kier alpha value is -3.15. The summed E-state index contributed by atoms with van der Waals surface area (Å²) in [4.78, 5) is 40.4. The Kier molecular flexibility index (Phi) is 4.62. The molecule has 0 radical (unpaired) electrons. The molecule has 2 saturated heterocycles. The molecule has 0 bridgehead atoms. The molecule has 2 atom stereocenters. The Morgan fingerprint density at radius 1 is 1.00 bits per heavy atom. The minimum absolute atomic E-state index is 0.105. The minimum atomic E-state index is -0.619. The lowest BCUT2D eigenvalue weighted by molar-refractivity contribution is -0.133. The number of rotatable bonds is 4. The van der Waals surface area contributed by atoms with Gasteiger partial charge in [-0.25, -0.2) is 9.69 Å². The lowest BCUT2D eigenvalue weighted by Crippen LogP contribution is -2.44. The van der Waals surface area contributed by atoms with E-state index in [4.69, 9.17) is 4.74 Å². The standard InChI is InChI=1S/C21H20N2O4/c24-19-12-16(13-22(19)17-9-5-2-6-10-17)20(25)23-18(14-27-21(23)26)11-15-7-3-1-4-8-15/h1-10,16,18H,11-14H2/t16-,18+/m0/s1. The van der Waals surface area contributed by atoms with Gasteiger partial charge in [-0.05, 0) is 24.1 Å². The maximum Gasteiger partial charge on any atom is 0.416 e. The van der Waals surface area contributed by atoms with Crippen LogP contribution in [-0.2, 0) is 20.7 Å². The zero-order valence-electron chi connectivity index (χ0n) is 14.8. The van der Waals surface area contributed by atoms with Crippen molar-refractivity contribution in [2.75, 3.05) is 18.1 Å². The van der Waals surface area contributed by atoms with Gasteiger partial charge in [-0.15, -0.1) is 0 Å².